The minimum Gasteiger partial charge on any atom is -0.488 e. The molecule has 0 aromatic heterocycles. The van der Waals surface area contributed by atoms with Crippen LogP contribution in [0.3, 0.4) is 0 Å². The van der Waals surface area contributed by atoms with Gasteiger partial charge in [0.2, 0.25) is 0 Å². The molecule has 3 nitrogen and oxygen atoms in total. The fraction of sp³-hybridized carbons (Fsp3) is 0.0714. The first-order valence-electron chi connectivity index (χ1n) is 5.57. The van der Waals surface area contributed by atoms with E-state index in [2.05, 4.69) is 0 Å². The van der Waals surface area contributed by atoms with Crippen LogP contribution in [0.2, 0.25) is 0 Å². The van der Waals surface area contributed by atoms with Crippen LogP contribution in [0.15, 0.2) is 36.4 Å². The number of carboxylic acids is 1. The zero-order valence-electron chi connectivity index (χ0n) is 10.1. The summed E-state index contributed by atoms with van der Waals surface area (Å²) < 4.78 is 44.4. The first-order chi connectivity index (χ1) is 9.47. The lowest BCUT2D eigenvalue weighted by Crippen LogP contribution is -2.06. The molecule has 2 rings (SSSR count). The summed E-state index contributed by atoms with van der Waals surface area (Å²) in [5, 5.41) is 8.89. The average molecular weight is 282 g/mol. The van der Waals surface area contributed by atoms with Gasteiger partial charge in [-0.2, -0.15) is 0 Å². The lowest BCUT2D eigenvalue weighted by Gasteiger charge is -2.10. The Morgan fingerprint density at radius 1 is 1.10 bits per heavy atom. The molecule has 0 aliphatic carbocycles. The summed E-state index contributed by atoms with van der Waals surface area (Å²) >= 11 is 0. The van der Waals surface area contributed by atoms with Crippen molar-refractivity contribution in [3.63, 3.8) is 0 Å². The van der Waals surface area contributed by atoms with Crippen LogP contribution in [-0.4, -0.2) is 11.1 Å². The van der Waals surface area contributed by atoms with Gasteiger partial charge in [0.05, 0.1) is 0 Å². The molecule has 2 aromatic rings. The standard InChI is InChI=1S/C14H9F3O3/c15-9-4-8(5-10(16)6-9)7-20-12-3-1-2-11(17)13(12)14(18)19/h1-6H,7H2,(H,18,19). The van der Waals surface area contributed by atoms with Crippen molar-refractivity contribution in [2.24, 2.45) is 0 Å². The lowest BCUT2D eigenvalue weighted by molar-refractivity contribution is 0.0686. The Hall–Kier alpha value is -2.50. The molecule has 0 unspecified atom stereocenters. The third-order valence-corrected chi connectivity index (χ3v) is 2.51. The number of aromatic carboxylic acids is 1. The van der Waals surface area contributed by atoms with Crippen LogP contribution in [0.4, 0.5) is 13.2 Å². The number of carboxylic acid groups (broad SMARTS) is 1. The average Bonchev–Trinajstić information content (AvgIpc) is 2.34. The highest BCUT2D eigenvalue weighted by Crippen LogP contribution is 2.22. The Labute approximate surface area is 112 Å². The molecule has 0 aliphatic heterocycles. The maximum atomic E-state index is 13.4. The molecule has 0 bridgehead atoms. The third-order valence-electron chi connectivity index (χ3n) is 2.51. The van der Waals surface area contributed by atoms with E-state index in [4.69, 9.17) is 9.84 Å². The van der Waals surface area contributed by atoms with Crippen LogP contribution in [0.25, 0.3) is 0 Å². The number of hydrogen-bond donors (Lipinski definition) is 1. The zero-order chi connectivity index (χ0) is 14.7. The Morgan fingerprint density at radius 3 is 2.35 bits per heavy atom. The minimum atomic E-state index is -1.48. The van der Waals surface area contributed by atoms with Gasteiger partial charge in [0.15, 0.2) is 0 Å². The normalized spacial score (nSPS) is 10.3. The highest BCUT2D eigenvalue weighted by atomic mass is 19.1. The van der Waals surface area contributed by atoms with Gasteiger partial charge < -0.3 is 9.84 Å². The summed E-state index contributed by atoms with van der Waals surface area (Å²) in [5.74, 6) is -4.19. The Morgan fingerprint density at radius 2 is 1.75 bits per heavy atom. The van der Waals surface area contributed by atoms with Crippen molar-refractivity contribution >= 4 is 5.97 Å². The van der Waals surface area contributed by atoms with E-state index in [1.807, 2.05) is 0 Å². The smallest absolute Gasteiger partial charge is 0.342 e. The number of benzene rings is 2. The van der Waals surface area contributed by atoms with Gasteiger partial charge >= 0.3 is 5.97 Å². The molecular formula is C14H9F3O3. The lowest BCUT2D eigenvalue weighted by atomic mass is 10.2. The molecule has 0 spiro atoms. The predicted octanol–water partition coefficient (Wildman–Crippen LogP) is 3.38. The molecule has 104 valence electrons. The van der Waals surface area contributed by atoms with Crippen LogP contribution in [-0.2, 0) is 6.61 Å². The largest absolute Gasteiger partial charge is 0.488 e. The number of hydrogen-bond acceptors (Lipinski definition) is 2. The maximum absolute atomic E-state index is 13.4. The Bertz CT molecular complexity index is 636. The highest BCUT2D eigenvalue weighted by molar-refractivity contribution is 5.91. The summed E-state index contributed by atoms with van der Waals surface area (Å²) in [7, 11) is 0. The minimum absolute atomic E-state index is 0.170. The number of ether oxygens (including phenoxy) is 1. The summed E-state index contributed by atoms with van der Waals surface area (Å²) in [6.07, 6.45) is 0. The van der Waals surface area contributed by atoms with Gasteiger partial charge in [-0.15, -0.1) is 0 Å². The Kier molecular flexibility index (Phi) is 3.93. The molecule has 0 radical (unpaired) electrons. The van der Waals surface area contributed by atoms with Crippen LogP contribution in [0.5, 0.6) is 5.75 Å². The number of carbonyl (C=O) groups is 1. The summed E-state index contributed by atoms with van der Waals surface area (Å²) in [4.78, 5) is 10.9. The van der Waals surface area contributed by atoms with Gasteiger partial charge in [0, 0.05) is 6.07 Å². The second kappa shape index (κ2) is 5.64. The van der Waals surface area contributed by atoms with Crippen molar-refractivity contribution in [2.45, 2.75) is 6.61 Å². The molecule has 20 heavy (non-hydrogen) atoms. The van der Waals surface area contributed by atoms with Crippen molar-refractivity contribution < 1.29 is 27.8 Å². The topological polar surface area (TPSA) is 46.5 Å². The first-order valence-corrected chi connectivity index (χ1v) is 5.57. The second-order valence-electron chi connectivity index (χ2n) is 3.98. The summed E-state index contributed by atoms with van der Waals surface area (Å²) in [6.45, 7) is -0.279. The number of rotatable bonds is 4. The van der Waals surface area contributed by atoms with Crippen molar-refractivity contribution in [3.8, 4) is 5.75 Å². The molecule has 0 saturated heterocycles. The van der Waals surface area contributed by atoms with Crippen LogP contribution < -0.4 is 4.74 Å². The molecule has 0 amide bonds. The molecule has 0 saturated carbocycles. The molecule has 2 aromatic carbocycles. The van der Waals surface area contributed by atoms with E-state index in [0.29, 0.717) is 6.07 Å². The quantitative estimate of drug-likeness (QED) is 0.935. The molecular weight excluding hydrogens is 273 g/mol. The monoisotopic (exact) mass is 282 g/mol. The van der Waals surface area contributed by atoms with Crippen LogP contribution in [0.1, 0.15) is 15.9 Å². The van der Waals surface area contributed by atoms with Crippen molar-refractivity contribution in [1.29, 1.82) is 0 Å². The molecule has 6 heteroatoms. The third kappa shape index (κ3) is 3.09. The van der Waals surface area contributed by atoms with E-state index < -0.39 is 29.0 Å². The van der Waals surface area contributed by atoms with E-state index in [1.165, 1.54) is 12.1 Å². The van der Waals surface area contributed by atoms with E-state index in [0.717, 1.165) is 18.2 Å². The van der Waals surface area contributed by atoms with E-state index in [1.54, 1.807) is 0 Å². The predicted molar refractivity (Wildman–Crippen MR) is 64.0 cm³/mol. The first kappa shape index (κ1) is 13.9. The molecule has 0 heterocycles. The van der Waals surface area contributed by atoms with Crippen LogP contribution >= 0.6 is 0 Å². The molecule has 0 atom stereocenters. The molecule has 1 N–H and O–H groups in total. The van der Waals surface area contributed by atoms with Crippen LogP contribution in [0, 0.1) is 17.5 Å². The van der Waals surface area contributed by atoms with E-state index >= 15 is 0 Å². The fourth-order valence-corrected chi connectivity index (χ4v) is 1.69. The van der Waals surface area contributed by atoms with E-state index in [-0.39, 0.29) is 17.9 Å². The SMILES string of the molecule is O=C(O)c1c(F)cccc1OCc1cc(F)cc(F)c1. The second-order valence-corrected chi connectivity index (χ2v) is 3.98. The van der Waals surface area contributed by atoms with Gasteiger partial charge in [-0.05, 0) is 29.8 Å². The van der Waals surface area contributed by atoms with E-state index in [9.17, 15) is 18.0 Å². The molecule has 0 aliphatic rings. The van der Waals surface area contributed by atoms with Gasteiger partial charge in [-0.1, -0.05) is 6.07 Å². The van der Waals surface area contributed by atoms with Crippen molar-refractivity contribution in [3.05, 3.63) is 65.0 Å². The Balaban J connectivity index is 2.23. The van der Waals surface area contributed by atoms with Crippen molar-refractivity contribution in [2.75, 3.05) is 0 Å². The fourth-order valence-electron chi connectivity index (χ4n) is 1.69. The number of halogens is 3. The zero-order valence-corrected chi connectivity index (χ0v) is 10.1. The highest BCUT2D eigenvalue weighted by Gasteiger charge is 2.17. The maximum Gasteiger partial charge on any atom is 0.342 e. The van der Waals surface area contributed by atoms with Gasteiger partial charge in [0.1, 0.15) is 35.4 Å². The van der Waals surface area contributed by atoms with Gasteiger partial charge in [-0.25, -0.2) is 18.0 Å². The molecule has 0 fully saturated rings. The van der Waals surface area contributed by atoms with Gasteiger partial charge in [-0.3, -0.25) is 0 Å². The van der Waals surface area contributed by atoms with Crippen molar-refractivity contribution in [1.82, 2.24) is 0 Å². The summed E-state index contributed by atoms with van der Waals surface area (Å²) in [5.41, 5.74) is -0.451. The summed E-state index contributed by atoms with van der Waals surface area (Å²) in [6, 6.07) is 6.32. The van der Waals surface area contributed by atoms with Gasteiger partial charge in [0.25, 0.3) is 0 Å².